The van der Waals surface area contributed by atoms with Crippen LogP contribution in [-0.2, 0) is 4.74 Å². The van der Waals surface area contributed by atoms with Crippen LogP contribution in [0.4, 0.5) is 16.6 Å². The third-order valence-corrected chi connectivity index (χ3v) is 5.67. The van der Waals surface area contributed by atoms with Gasteiger partial charge in [0.2, 0.25) is 5.95 Å². The number of aromatic nitrogens is 4. The van der Waals surface area contributed by atoms with Crippen molar-refractivity contribution in [3.05, 3.63) is 52.5 Å². The number of hydrogen-bond donors (Lipinski definition) is 3. The molecule has 3 aromatic rings. The average molecular weight is 463 g/mol. The summed E-state index contributed by atoms with van der Waals surface area (Å²) in [5.74, 6) is 1.31. The normalized spacial score (nSPS) is 18.0. The van der Waals surface area contributed by atoms with Crippen LogP contribution in [0.5, 0.6) is 0 Å². The molecular formula is C20H20Cl2N6O3. The van der Waals surface area contributed by atoms with Crippen molar-refractivity contribution in [2.24, 2.45) is 0 Å². The molecule has 1 unspecified atom stereocenters. The topological polar surface area (TPSA) is 116 Å². The second-order valence-corrected chi connectivity index (χ2v) is 7.98. The van der Waals surface area contributed by atoms with Crippen molar-refractivity contribution >= 4 is 41.1 Å². The van der Waals surface area contributed by atoms with E-state index in [-0.39, 0.29) is 12.6 Å². The van der Waals surface area contributed by atoms with E-state index in [2.05, 4.69) is 25.3 Å². The van der Waals surface area contributed by atoms with Gasteiger partial charge in [0.1, 0.15) is 24.3 Å². The second kappa shape index (κ2) is 8.70. The number of carbonyl (C=O) groups excluding carboxylic acids is 1. The minimum atomic E-state index is -0.764. The van der Waals surface area contributed by atoms with Crippen LogP contribution in [-0.4, -0.2) is 49.9 Å². The number of halogens is 2. The zero-order valence-corrected chi connectivity index (χ0v) is 18.2. The highest BCUT2D eigenvalue weighted by atomic mass is 35.5. The largest absolute Gasteiger partial charge is 0.447 e. The van der Waals surface area contributed by atoms with Gasteiger partial charge in [0, 0.05) is 11.8 Å². The number of anilines is 2. The number of H-pyrrole nitrogens is 1. The van der Waals surface area contributed by atoms with E-state index in [1.54, 1.807) is 31.3 Å². The Morgan fingerprint density at radius 3 is 2.81 bits per heavy atom. The molecule has 9 nitrogen and oxygen atoms in total. The second-order valence-electron chi connectivity index (χ2n) is 7.17. The molecule has 31 heavy (non-hydrogen) atoms. The van der Waals surface area contributed by atoms with E-state index in [0.29, 0.717) is 27.6 Å². The Hall–Kier alpha value is -2.88. The van der Waals surface area contributed by atoms with Gasteiger partial charge in [-0.1, -0.05) is 29.3 Å². The number of aliphatic hydroxyl groups is 1. The van der Waals surface area contributed by atoms with Crippen LogP contribution in [0.3, 0.4) is 0 Å². The van der Waals surface area contributed by atoms with Crippen molar-refractivity contribution in [2.45, 2.75) is 32.0 Å². The van der Waals surface area contributed by atoms with Gasteiger partial charge in [-0.25, -0.2) is 14.8 Å². The first-order chi connectivity index (χ1) is 14.8. The third kappa shape index (κ3) is 4.43. The molecule has 3 heterocycles. The standard InChI is InChI=1S/C20H20Cl2N6O3/c1-10(18-24-8-15(26-18)12-3-4-13(21)14(22)7-12)25-19-23-6-5-17(27-19)28-16(11(2)29)9-31-20(28)30/h3-8,10-11,16,29H,9H2,1-2H3,(H,24,26)(H,23,25,27)/t10?,11-,16-/m1/s1. The van der Waals surface area contributed by atoms with Gasteiger partial charge in [-0.3, -0.25) is 4.90 Å². The third-order valence-electron chi connectivity index (χ3n) is 4.93. The van der Waals surface area contributed by atoms with E-state index in [1.165, 1.54) is 11.1 Å². The summed E-state index contributed by atoms with van der Waals surface area (Å²) in [4.78, 5) is 29.7. The highest BCUT2D eigenvalue weighted by Crippen LogP contribution is 2.29. The van der Waals surface area contributed by atoms with E-state index < -0.39 is 18.2 Å². The molecule has 0 bridgehead atoms. The van der Waals surface area contributed by atoms with Gasteiger partial charge in [-0.15, -0.1) is 0 Å². The maximum absolute atomic E-state index is 12.1. The predicted molar refractivity (Wildman–Crippen MR) is 117 cm³/mol. The number of aliphatic hydroxyl groups excluding tert-OH is 1. The summed E-state index contributed by atoms with van der Waals surface area (Å²) in [6, 6.07) is 6.16. The van der Waals surface area contributed by atoms with Gasteiger partial charge in [0.25, 0.3) is 0 Å². The van der Waals surface area contributed by atoms with E-state index in [4.69, 9.17) is 27.9 Å². The number of rotatable bonds is 6. The Kier molecular flexibility index (Phi) is 5.99. The quantitative estimate of drug-likeness (QED) is 0.505. The van der Waals surface area contributed by atoms with Crippen LogP contribution in [0.1, 0.15) is 25.7 Å². The summed E-state index contributed by atoms with van der Waals surface area (Å²) in [5, 5.41) is 14.0. The van der Waals surface area contributed by atoms with Crippen LogP contribution in [0, 0.1) is 0 Å². The van der Waals surface area contributed by atoms with Gasteiger partial charge in [-0.2, -0.15) is 4.98 Å². The predicted octanol–water partition coefficient (Wildman–Crippen LogP) is 4.05. The first-order valence-corrected chi connectivity index (χ1v) is 10.3. The van der Waals surface area contributed by atoms with Gasteiger partial charge in [0.05, 0.1) is 34.1 Å². The van der Waals surface area contributed by atoms with Gasteiger partial charge < -0.3 is 20.1 Å². The molecule has 0 spiro atoms. The molecule has 1 aromatic carbocycles. The molecule has 3 atom stereocenters. The molecule has 3 N–H and O–H groups in total. The van der Waals surface area contributed by atoms with Gasteiger partial charge >= 0.3 is 6.09 Å². The SMILES string of the molecule is CC(Nc1nccc(N2C(=O)OC[C@@H]2[C@@H](C)O)n1)c1ncc(-c2ccc(Cl)c(Cl)c2)[nH]1. The first kappa shape index (κ1) is 21.4. The van der Waals surface area contributed by atoms with E-state index in [0.717, 1.165) is 11.3 Å². The monoisotopic (exact) mass is 462 g/mol. The van der Waals surface area contributed by atoms with Crippen LogP contribution in [0.15, 0.2) is 36.7 Å². The van der Waals surface area contributed by atoms with Crippen LogP contribution >= 0.6 is 23.2 Å². The lowest BCUT2D eigenvalue weighted by Crippen LogP contribution is -2.41. The Bertz CT molecular complexity index is 1110. The Balaban J connectivity index is 1.51. The van der Waals surface area contributed by atoms with Crippen LogP contribution < -0.4 is 10.2 Å². The van der Waals surface area contributed by atoms with E-state index in [1.807, 2.05) is 13.0 Å². The first-order valence-electron chi connectivity index (χ1n) is 9.57. The van der Waals surface area contributed by atoms with Crippen molar-refractivity contribution in [3.8, 4) is 11.3 Å². The fourth-order valence-corrected chi connectivity index (χ4v) is 3.53. The minimum Gasteiger partial charge on any atom is -0.447 e. The lowest BCUT2D eigenvalue weighted by atomic mass is 10.2. The van der Waals surface area contributed by atoms with Crippen LogP contribution in [0.2, 0.25) is 10.0 Å². The Morgan fingerprint density at radius 1 is 1.26 bits per heavy atom. The number of nitrogens with one attached hydrogen (secondary N) is 2. The summed E-state index contributed by atoms with van der Waals surface area (Å²) < 4.78 is 5.06. The number of carbonyl (C=O) groups is 1. The molecule has 0 saturated carbocycles. The summed E-state index contributed by atoms with van der Waals surface area (Å²) in [6.07, 6.45) is 1.92. The number of imidazole rings is 1. The number of hydrogen-bond acceptors (Lipinski definition) is 7. The molecule has 4 rings (SSSR count). The van der Waals surface area contributed by atoms with Crippen molar-refractivity contribution in [3.63, 3.8) is 0 Å². The van der Waals surface area contributed by atoms with Crippen LogP contribution in [0.25, 0.3) is 11.3 Å². The lowest BCUT2D eigenvalue weighted by Gasteiger charge is -2.22. The number of nitrogens with zero attached hydrogens (tertiary/aromatic N) is 4. The highest BCUT2D eigenvalue weighted by Gasteiger charge is 2.38. The molecule has 0 aliphatic carbocycles. The fourth-order valence-electron chi connectivity index (χ4n) is 3.24. The van der Waals surface area contributed by atoms with Gasteiger partial charge in [-0.05, 0) is 32.0 Å². The molecule has 1 fully saturated rings. The lowest BCUT2D eigenvalue weighted by molar-refractivity contribution is 0.142. The molecule has 11 heteroatoms. The number of amides is 1. The maximum atomic E-state index is 12.1. The maximum Gasteiger partial charge on any atom is 0.416 e. The Labute approximate surface area is 188 Å². The number of benzene rings is 1. The molecular weight excluding hydrogens is 443 g/mol. The molecule has 1 saturated heterocycles. The van der Waals surface area contributed by atoms with Gasteiger partial charge in [0.15, 0.2) is 0 Å². The number of aromatic amines is 1. The number of cyclic esters (lactones) is 1. The molecule has 1 aliphatic heterocycles. The molecule has 1 amide bonds. The summed E-state index contributed by atoms with van der Waals surface area (Å²) in [5.41, 5.74) is 1.65. The number of ether oxygens (including phenoxy) is 1. The minimum absolute atomic E-state index is 0.101. The molecule has 2 aromatic heterocycles. The smallest absolute Gasteiger partial charge is 0.416 e. The van der Waals surface area contributed by atoms with Crippen molar-refractivity contribution in [1.82, 2.24) is 19.9 Å². The molecule has 162 valence electrons. The summed E-state index contributed by atoms with van der Waals surface area (Å²) in [6.45, 7) is 3.60. The molecule has 1 aliphatic rings. The van der Waals surface area contributed by atoms with Crippen molar-refractivity contribution in [1.29, 1.82) is 0 Å². The van der Waals surface area contributed by atoms with E-state index >= 15 is 0 Å². The average Bonchev–Trinajstić information content (AvgIpc) is 3.37. The van der Waals surface area contributed by atoms with E-state index in [9.17, 15) is 9.90 Å². The molecule has 0 radical (unpaired) electrons. The fraction of sp³-hybridized carbons (Fsp3) is 0.300. The van der Waals surface area contributed by atoms with Crippen molar-refractivity contribution < 1.29 is 14.6 Å². The zero-order valence-electron chi connectivity index (χ0n) is 16.7. The highest BCUT2D eigenvalue weighted by molar-refractivity contribution is 6.42. The van der Waals surface area contributed by atoms with Crippen molar-refractivity contribution in [2.75, 3.05) is 16.8 Å². The Morgan fingerprint density at radius 2 is 2.06 bits per heavy atom. The summed E-state index contributed by atoms with van der Waals surface area (Å²) in [7, 11) is 0. The summed E-state index contributed by atoms with van der Waals surface area (Å²) >= 11 is 12.1. The zero-order chi connectivity index (χ0) is 22.1.